The molecule has 0 unspecified atom stereocenters. The van der Waals surface area contributed by atoms with Crippen LogP contribution in [0, 0.1) is 5.82 Å². The molecule has 0 bridgehead atoms. The van der Waals surface area contributed by atoms with Gasteiger partial charge >= 0.3 is 0 Å². The number of hydrogen-bond donors (Lipinski definition) is 1. The summed E-state index contributed by atoms with van der Waals surface area (Å²) in [7, 11) is 0. The number of rotatable bonds is 5. The van der Waals surface area contributed by atoms with Crippen LogP contribution in [0.25, 0.3) is 11.1 Å². The Labute approximate surface area is 145 Å². The van der Waals surface area contributed by atoms with Crippen molar-refractivity contribution in [2.45, 2.75) is 13.2 Å². The van der Waals surface area contributed by atoms with Gasteiger partial charge in [0.1, 0.15) is 18.2 Å². The van der Waals surface area contributed by atoms with E-state index in [-0.39, 0.29) is 12.4 Å². The van der Waals surface area contributed by atoms with Crippen molar-refractivity contribution in [3.63, 3.8) is 0 Å². The van der Waals surface area contributed by atoms with Gasteiger partial charge in [0.25, 0.3) is 0 Å². The summed E-state index contributed by atoms with van der Waals surface area (Å²) in [6.07, 6.45) is 0. The first-order valence-electron chi connectivity index (χ1n) is 7.52. The van der Waals surface area contributed by atoms with Crippen molar-refractivity contribution >= 4 is 11.6 Å². The van der Waals surface area contributed by atoms with Gasteiger partial charge in [0, 0.05) is 10.6 Å². The number of benzene rings is 3. The lowest BCUT2D eigenvalue weighted by atomic mass is 10.0. The first-order chi connectivity index (χ1) is 11.7. The van der Waals surface area contributed by atoms with E-state index in [1.54, 1.807) is 18.2 Å². The van der Waals surface area contributed by atoms with Gasteiger partial charge in [-0.2, -0.15) is 0 Å². The van der Waals surface area contributed by atoms with Crippen LogP contribution in [0.3, 0.4) is 0 Å². The van der Waals surface area contributed by atoms with Gasteiger partial charge in [0.2, 0.25) is 0 Å². The van der Waals surface area contributed by atoms with Crippen molar-refractivity contribution in [2.75, 3.05) is 0 Å². The highest BCUT2D eigenvalue weighted by molar-refractivity contribution is 6.33. The van der Waals surface area contributed by atoms with Crippen LogP contribution < -0.4 is 4.74 Å². The van der Waals surface area contributed by atoms with E-state index >= 15 is 0 Å². The second-order valence-electron chi connectivity index (χ2n) is 5.42. The molecule has 0 saturated heterocycles. The molecule has 0 amide bonds. The SMILES string of the molecule is OCc1cc(OCc2ccccc2)cc(-c2cc(F)ccc2Cl)c1. The molecule has 122 valence electrons. The van der Waals surface area contributed by atoms with Crippen LogP contribution in [0.5, 0.6) is 5.75 Å². The van der Waals surface area contributed by atoms with Crippen molar-refractivity contribution in [3.8, 4) is 16.9 Å². The minimum absolute atomic E-state index is 0.136. The van der Waals surface area contributed by atoms with Crippen molar-refractivity contribution in [3.05, 3.63) is 88.7 Å². The van der Waals surface area contributed by atoms with Crippen LogP contribution in [-0.4, -0.2) is 5.11 Å². The summed E-state index contributed by atoms with van der Waals surface area (Å²) in [6.45, 7) is 0.272. The first-order valence-corrected chi connectivity index (χ1v) is 7.90. The lowest BCUT2D eigenvalue weighted by Crippen LogP contribution is -1.97. The maximum Gasteiger partial charge on any atom is 0.123 e. The van der Waals surface area contributed by atoms with E-state index in [1.165, 1.54) is 18.2 Å². The van der Waals surface area contributed by atoms with E-state index in [4.69, 9.17) is 16.3 Å². The molecular weight excluding hydrogens is 327 g/mol. The van der Waals surface area contributed by atoms with Gasteiger partial charge in [-0.25, -0.2) is 4.39 Å². The van der Waals surface area contributed by atoms with Crippen LogP contribution in [-0.2, 0) is 13.2 Å². The van der Waals surface area contributed by atoms with Crippen LogP contribution in [0.4, 0.5) is 4.39 Å². The average Bonchev–Trinajstić information content (AvgIpc) is 2.62. The van der Waals surface area contributed by atoms with E-state index in [2.05, 4.69) is 0 Å². The molecule has 0 aliphatic heterocycles. The second kappa shape index (κ2) is 7.47. The summed E-state index contributed by atoms with van der Waals surface area (Å²) in [5.74, 6) is 0.233. The fraction of sp³-hybridized carbons (Fsp3) is 0.100. The molecule has 0 fully saturated rings. The fourth-order valence-corrected chi connectivity index (χ4v) is 2.68. The van der Waals surface area contributed by atoms with Crippen molar-refractivity contribution in [1.82, 2.24) is 0 Å². The van der Waals surface area contributed by atoms with E-state index < -0.39 is 0 Å². The number of ether oxygens (including phenoxy) is 1. The van der Waals surface area contributed by atoms with Crippen LogP contribution in [0.2, 0.25) is 5.02 Å². The summed E-state index contributed by atoms with van der Waals surface area (Å²) in [4.78, 5) is 0. The zero-order chi connectivity index (χ0) is 16.9. The van der Waals surface area contributed by atoms with Gasteiger partial charge in [-0.1, -0.05) is 41.9 Å². The van der Waals surface area contributed by atoms with Crippen LogP contribution in [0.15, 0.2) is 66.7 Å². The lowest BCUT2D eigenvalue weighted by Gasteiger charge is -2.12. The molecule has 0 atom stereocenters. The average molecular weight is 343 g/mol. The van der Waals surface area contributed by atoms with Gasteiger partial charge in [-0.05, 0) is 53.1 Å². The highest BCUT2D eigenvalue weighted by Gasteiger charge is 2.09. The molecule has 0 aromatic heterocycles. The molecule has 3 aromatic carbocycles. The number of aliphatic hydroxyl groups is 1. The molecule has 0 aliphatic carbocycles. The monoisotopic (exact) mass is 342 g/mol. The third-order valence-electron chi connectivity index (χ3n) is 3.64. The summed E-state index contributed by atoms with van der Waals surface area (Å²) >= 11 is 6.18. The lowest BCUT2D eigenvalue weighted by molar-refractivity contribution is 0.278. The Morgan fingerprint density at radius 1 is 0.917 bits per heavy atom. The third kappa shape index (κ3) is 3.94. The molecular formula is C20H16ClFO2. The maximum atomic E-state index is 13.5. The molecule has 0 saturated carbocycles. The molecule has 0 radical (unpaired) electrons. The zero-order valence-electron chi connectivity index (χ0n) is 12.9. The van der Waals surface area contributed by atoms with Gasteiger partial charge in [-0.15, -0.1) is 0 Å². The topological polar surface area (TPSA) is 29.5 Å². The minimum Gasteiger partial charge on any atom is -0.489 e. The Morgan fingerprint density at radius 3 is 2.46 bits per heavy atom. The number of halogens is 2. The molecule has 24 heavy (non-hydrogen) atoms. The molecule has 0 aliphatic rings. The Balaban J connectivity index is 1.92. The molecule has 0 spiro atoms. The number of hydrogen-bond acceptors (Lipinski definition) is 2. The zero-order valence-corrected chi connectivity index (χ0v) is 13.6. The van der Waals surface area contributed by atoms with Gasteiger partial charge in [0.15, 0.2) is 0 Å². The van der Waals surface area contributed by atoms with Gasteiger partial charge in [0.05, 0.1) is 6.61 Å². The van der Waals surface area contributed by atoms with E-state index in [9.17, 15) is 9.50 Å². The smallest absolute Gasteiger partial charge is 0.123 e. The van der Waals surface area contributed by atoms with Crippen LogP contribution in [0.1, 0.15) is 11.1 Å². The van der Waals surface area contributed by atoms with E-state index in [0.717, 1.165) is 5.56 Å². The molecule has 3 aromatic rings. The maximum absolute atomic E-state index is 13.5. The van der Waals surface area contributed by atoms with Crippen LogP contribution >= 0.6 is 11.6 Å². The summed E-state index contributed by atoms with van der Waals surface area (Å²) < 4.78 is 19.4. The Kier molecular flexibility index (Phi) is 5.14. The molecule has 3 rings (SSSR count). The Bertz CT molecular complexity index is 834. The summed E-state index contributed by atoms with van der Waals surface area (Å²) in [5.41, 5.74) is 2.98. The molecule has 1 N–H and O–H groups in total. The molecule has 0 heterocycles. The van der Waals surface area contributed by atoms with Gasteiger partial charge < -0.3 is 9.84 Å². The molecule has 4 heteroatoms. The minimum atomic E-state index is -0.365. The first kappa shape index (κ1) is 16.5. The standard InChI is InChI=1S/C20H16ClFO2/c21-20-7-6-17(22)11-19(20)16-8-15(12-23)9-18(10-16)24-13-14-4-2-1-3-5-14/h1-11,23H,12-13H2. The third-order valence-corrected chi connectivity index (χ3v) is 3.97. The van der Waals surface area contributed by atoms with Crippen molar-refractivity contribution < 1.29 is 14.2 Å². The summed E-state index contributed by atoms with van der Waals surface area (Å²) in [6, 6.07) is 19.3. The Hall–Kier alpha value is -2.36. The van der Waals surface area contributed by atoms with E-state index in [1.807, 2.05) is 30.3 Å². The van der Waals surface area contributed by atoms with Crippen molar-refractivity contribution in [1.29, 1.82) is 0 Å². The summed E-state index contributed by atoms with van der Waals surface area (Å²) in [5, 5.41) is 9.92. The second-order valence-corrected chi connectivity index (χ2v) is 5.83. The molecule has 2 nitrogen and oxygen atoms in total. The Morgan fingerprint density at radius 2 is 1.71 bits per heavy atom. The van der Waals surface area contributed by atoms with Crippen molar-refractivity contribution in [2.24, 2.45) is 0 Å². The highest BCUT2D eigenvalue weighted by Crippen LogP contribution is 2.32. The number of aliphatic hydroxyl groups excluding tert-OH is 1. The van der Waals surface area contributed by atoms with E-state index in [0.29, 0.717) is 34.1 Å². The van der Waals surface area contributed by atoms with Gasteiger partial charge in [-0.3, -0.25) is 0 Å². The predicted octanol–water partition coefficient (Wildman–Crippen LogP) is 5.22. The quantitative estimate of drug-likeness (QED) is 0.689. The predicted molar refractivity (Wildman–Crippen MR) is 93.5 cm³/mol. The largest absolute Gasteiger partial charge is 0.489 e. The fourth-order valence-electron chi connectivity index (χ4n) is 2.45. The highest BCUT2D eigenvalue weighted by atomic mass is 35.5. The normalized spacial score (nSPS) is 10.6.